The monoisotopic (exact) mass is 390 g/mol. The van der Waals surface area contributed by atoms with Crippen LogP contribution in [0.2, 0.25) is 0 Å². The van der Waals surface area contributed by atoms with Crippen LogP contribution in [0.3, 0.4) is 0 Å². The normalized spacial score (nSPS) is 11.8. The zero-order valence-corrected chi connectivity index (χ0v) is 16.2. The fourth-order valence-corrected chi connectivity index (χ4v) is 3.31. The smallest absolute Gasteiger partial charge is 0.240 e. The number of nitrogens with zero attached hydrogens (tertiary/aromatic N) is 1. The fraction of sp³-hybridized carbons (Fsp3) is 0.316. The molecule has 2 aromatic rings. The van der Waals surface area contributed by atoms with Gasteiger partial charge in [-0.15, -0.1) is 0 Å². The van der Waals surface area contributed by atoms with E-state index in [9.17, 15) is 8.42 Å². The first-order chi connectivity index (χ1) is 13.1. The number of hydrogen-bond acceptors (Lipinski definition) is 4. The maximum atomic E-state index is 12.1. The highest BCUT2D eigenvalue weighted by Gasteiger charge is 2.11. The minimum Gasteiger partial charge on any atom is -0.494 e. The molecular weight excluding hydrogens is 364 g/mol. The first kappa shape index (κ1) is 20.7. The SMILES string of the molecule is CN=C(NCCCOc1ccccc1)NCCNS(=O)(=O)c1ccccc1. The highest BCUT2D eigenvalue weighted by Crippen LogP contribution is 2.08. The van der Waals surface area contributed by atoms with Gasteiger partial charge < -0.3 is 15.4 Å². The van der Waals surface area contributed by atoms with Gasteiger partial charge in [-0.2, -0.15) is 0 Å². The second-order valence-electron chi connectivity index (χ2n) is 5.65. The Hall–Kier alpha value is -2.58. The zero-order valence-electron chi connectivity index (χ0n) is 15.4. The largest absolute Gasteiger partial charge is 0.494 e. The van der Waals surface area contributed by atoms with Crippen LogP contribution >= 0.6 is 0 Å². The molecule has 8 heteroatoms. The Morgan fingerprint density at radius 2 is 1.56 bits per heavy atom. The molecule has 27 heavy (non-hydrogen) atoms. The number of benzene rings is 2. The molecule has 0 amide bonds. The van der Waals surface area contributed by atoms with E-state index < -0.39 is 10.0 Å². The zero-order chi connectivity index (χ0) is 19.4. The van der Waals surface area contributed by atoms with Crippen molar-refractivity contribution >= 4 is 16.0 Å². The molecule has 0 aliphatic carbocycles. The van der Waals surface area contributed by atoms with Gasteiger partial charge in [0.25, 0.3) is 0 Å². The highest BCUT2D eigenvalue weighted by atomic mass is 32.2. The summed E-state index contributed by atoms with van der Waals surface area (Å²) >= 11 is 0. The van der Waals surface area contributed by atoms with Crippen LogP contribution in [0, 0.1) is 0 Å². The molecule has 0 saturated heterocycles. The van der Waals surface area contributed by atoms with E-state index in [1.807, 2.05) is 30.3 Å². The lowest BCUT2D eigenvalue weighted by molar-refractivity contribution is 0.311. The van der Waals surface area contributed by atoms with Gasteiger partial charge in [0.1, 0.15) is 5.75 Å². The number of rotatable bonds is 10. The molecule has 0 saturated carbocycles. The van der Waals surface area contributed by atoms with Gasteiger partial charge in [-0.3, -0.25) is 4.99 Å². The van der Waals surface area contributed by atoms with Crippen molar-refractivity contribution in [2.24, 2.45) is 4.99 Å². The molecule has 2 aromatic carbocycles. The van der Waals surface area contributed by atoms with Gasteiger partial charge in [-0.05, 0) is 30.7 Å². The molecule has 0 bridgehead atoms. The van der Waals surface area contributed by atoms with Crippen molar-refractivity contribution < 1.29 is 13.2 Å². The van der Waals surface area contributed by atoms with E-state index in [0.717, 1.165) is 12.2 Å². The number of nitrogens with one attached hydrogen (secondary N) is 3. The molecule has 0 heterocycles. The summed E-state index contributed by atoms with van der Waals surface area (Å²) in [5.41, 5.74) is 0. The molecule has 0 aromatic heterocycles. The number of hydrogen-bond donors (Lipinski definition) is 3. The maximum Gasteiger partial charge on any atom is 0.240 e. The summed E-state index contributed by atoms with van der Waals surface area (Å²) < 4.78 is 32.4. The van der Waals surface area contributed by atoms with Gasteiger partial charge in [0.15, 0.2) is 5.96 Å². The molecular formula is C19H26N4O3S. The van der Waals surface area contributed by atoms with Crippen LogP contribution in [0.1, 0.15) is 6.42 Å². The third kappa shape index (κ3) is 7.67. The van der Waals surface area contributed by atoms with Gasteiger partial charge in [-0.1, -0.05) is 36.4 Å². The van der Waals surface area contributed by atoms with Crippen molar-refractivity contribution in [3.8, 4) is 5.75 Å². The molecule has 0 aliphatic rings. The molecule has 0 spiro atoms. The molecule has 0 unspecified atom stereocenters. The molecule has 0 atom stereocenters. The topological polar surface area (TPSA) is 91.8 Å². The summed E-state index contributed by atoms with van der Waals surface area (Å²) in [6.45, 7) is 1.98. The number of sulfonamides is 1. The number of aliphatic imine (C=N–C) groups is 1. The molecule has 2 rings (SSSR count). The van der Waals surface area contributed by atoms with Crippen LogP contribution in [-0.2, 0) is 10.0 Å². The van der Waals surface area contributed by atoms with Crippen molar-refractivity contribution in [3.63, 3.8) is 0 Å². The second kappa shape index (κ2) is 11.2. The second-order valence-corrected chi connectivity index (χ2v) is 7.42. The first-order valence-corrected chi connectivity index (χ1v) is 10.3. The van der Waals surface area contributed by atoms with Crippen LogP contribution in [0.15, 0.2) is 70.6 Å². The average Bonchev–Trinajstić information content (AvgIpc) is 2.70. The molecule has 146 valence electrons. The summed E-state index contributed by atoms with van der Waals surface area (Å²) in [5.74, 6) is 1.47. The minimum atomic E-state index is -3.48. The molecule has 0 fully saturated rings. The predicted octanol–water partition coefficient (Wildman–Crippen LogP) is 1.60. The van der Waals surface area contributed by atoms with E-state index in [1.54, 1.807) is 37.4 Å². The first-order valence-electron chi connectivity index (χ1n) is 8.79. The van der Waals surface area contributed by atoms with Crippen molar-refractivity contribution in [2.75, 3.05) is 33.3 Å². The quantitative estimate of drug-likeness (QED) is 0.326. The summed E-state index contributed by atoms with van der Waals surface area (Å²) in [6.07, 6.45) is 0.816. The fourth-order valence-electron chi connectivity index (χ4n) is 2.26. The summed E-state index contributed by atoms with van der Waals surface area (Å²) in [6, 6.07) is 18.0. The summed E-state index contributed by atoms with van der Waals surface area (Å²) in [4.78, 5) is 4.37. The molecule has 0 radical (unpaired) electrons. The Balaban J connectivity index is 1.60. The van der Waals surface area contributed by atoms with Gasteiger partial charge in [0.05, 0.1) is 11.5 Å². The summed E-state index contributed by atoms with van der Waals surface area (Å²) in [7, 11) is -1.81. The number of guanidine groups is 1. The van der Waals surface area contributed by atoms with E-state index in [4.69, 9.17) is 4.74 Å². The van der Waals surface area contributed by atoms with E-state index in [0.29, 0.717) is 25.7 Å². The molecule has 3 N–H and O–H groups in total. The van der Waals surface area contributed by atoms with Gasteiger partial charge >= 0.3 is 0 Å². The van der Waals surface area contributed by atoms with Gasteiger partial charge in [-0.25, -0.2) is 13.1 Å². The Morgan fingerprint density at radius 1 is 0.926 bits per heavy atom. The van der Waals surface area contributed by atoms with Crippen LogP contribution in [-0.4, -0.2) is 47.7 Å². The predicted molar refractivity (Wildman–Crippen MR) is 108 cm³/mol. The Bertz CT molecular complexity index is 796. The Labute approximate surface area is 160 Å². The van der Waals surface area contributed by atoms with Crippen molar-refractivity contribution in [2.45, 2.75) is 11.3 Å². The van der Waals surface area contributed by atoms with Gasteiger partial charge in [0.2, 0.25) is 10.0 Å². The Kier molecular flexibility index (Phi) is 8.60. The minimum absolute atomic E-state index is 0.255. The van der Waals surface area contributed by atoms with Crippen LogP contribution in [0.25, 0.3) is 0 Å². The number of ether oxygens (including phenoxy) is 1. The van der Waals surface area contributed by atoms with E-state index >= 15 is 0 Å². The van der Waals surface area contributed by atoms with E-state index in [2.05, 4.69) is 20.3 Å². The highest BCUT2D eigenvalue weighted by molar-refractivity contribution is 7.89. The van der Waals surface area contributed by atoms with Crippen LogP contribution in [0.5, 0.6) is 5.75 Å². The van der Waals surface area contributed by atoms with Crippen molar-refractivity contribution in [1.82, 2.24) is 15.4 Å². The average molecular weight is 391 g/mol. The van der Waals surface area contributed by atoms with Crippen LogP contribution in [0.4, 0.5) is 0 Å². The Morgan fingerprint density at radius 3 is 2.22 bits per heavy atom. The lowest BCUT2D eigenvalue weighted by atomic mass is 10.3. The van der Waals surface area contributed by atoms with Crippen molar-refractivity contribution in [1.29, 1.82) is 0 Å². The van der Waals surface area contributed by atoms with E-state index in [-0.39, 0.29) is 11.4 Å². The third-order valence-electron chi connectivity index (χ3n) is 3.61. The molecule has 0 aliphatic heterocycles. The third-order valence-corrected chi connectivity index (χ3v) is 5.09. The standard InChI is InChI=1S/C19H26N4O3S/c1-20-19(21-13-8-16-26-17-9-4-2-5-10-17)22-14-15-23-27(24,25)18-11-6-3-7-12-18/h2-7,9-12,23H,8,13-16H2,1H3,(H2,20,21,22). The van der Waals surface area contributed by atoms with Crippen LogP contribution < -0.4 is 20.1 Å². The molecule has 7 nitrogen and oxygen atoms in total. The lowest BCUT2D eigenvalue weighted by Crippen LogP contribution is -2.42. The van der Waals surface area contributed by atoms with Gasteiger partial charge in [0, 0.05) is 26.7 Å². The maximum absolute atomic E-state index is 12.1. The van der Waals surface area contributed by atoms with E-state index in [1.165, 1.54) is 0 Å². The lowest BCUT2D eigenvalue weighted by Gasteiger charge is -2.13. The number of para-hydroxylation sites is 1. The summed E-state index contributed by atoms with van der Waals surface area (Å²) in [5, 5.41) is 6.24. The van der Waals surface area contributed by atoms with Crippen molar-refractivity contribution in [3.05, 3.63) is 60.7 Å².